The molecule has 3 rings (SSSR count). The number of rotatable bonds is 5. The lowest BCUT2D eigenvalue weighted by Crippen LogP contribution is -2.46. The maximum Gasteiger partial charge on any atom is 0.309 e. The van der Waals surface area contributed by atoms with Crippen LogP contribution in [0.15, 0.2) is 23.2 Å². The second-order valence-corrected chi connectivity index (χ2v) is 7.67. The van der Waals surface area contributed by atoms with Crippen molar-refractivity contribution in [2.24, 2.45) is 10.9 Å². The lowest BCUT2D eigenvalue weighted by atomic mass is 9.97. The van der Waals surface area contributed by atoms with Gasteiger partial charge < -0.3 is 19.9 Å². The van der Waals surface area contributed by atoms with Gasteiger partial charge in [0.2, 0.25) is 0 Å². The maximum absolute atomic E-state index is 12.0. The third-order valence-corrected chi connectivity index (χ3v) is 5.66. The summed E-state index contributed by atoms with van der Waals surface area (Å²) < 4.78 is 5.18. The Bertz CT molecular complexity index is 696. The molecule has 1 saturated heterocycles. The van der Waals surface area contributed by atoms with E-state index in [9.17, 15) is 4.79 Å². The molecule has 2 aliphatic rings. The van der Waals surface area contributed by atoms with Crippen LogP contribution in [0.3, 0.4) is 0 Å². The SMILES string of the molecule is CCNC(=NCc1ccc2c(c1)CCCN2C)N1CCC(C(=O)OCC)CC1. The van der Waals surface area contributed by atoms with Crippen molar-refractivity contribution in [1.82, 2.24) is 10.2 Å². The molecule has 0 unspecified atom stereocenters. The molecule has 2 aliphatic heterocycles. The normalized spacial score (nSPS) is 18.0. The number of carbonyl (C=O) groups is 1. The Balaban J connectivity index is 1.63. The lowest BCUT2D eigenvalue weighted by Gasteiger charge is -2.33. The summed E-state index contributed by atoms with van der Waals surface area (Å²) in [4.78, 5) is 21.5. The highest BCUT2D eigenvalue weighted by Crippen LogP contribution is 2.27. The van der Waals surface area contributed by atoms with Crippen LogP contribution in [0, 0.1) is 5.92 Å². The summed E-state index contributed by atoms with van der Waals surface area (Å²) >= 11 is 0. The Morgan fingerprint density at radius 1 is 1.25 bits per heavy atom. The van der Waals surface area contributed by atoms with Gasteiger partial charge in [0, 0.05) is 38.9 Å². The smallest absolute Gasteiger partial charge is 0.309 e. The molecule has 1 N–H and O–H groups in total. The number of hydrogen-bond acceptors (Lipinski definition) is 4. The third-order valence-electron chi connectivity index (χ3n) is 5.66. The van der Waals surface area contributed by atoms with E-state index in [0.717, 1.165) is 51.4 Å². The first-order valence-corrected chi connectivity index (χ1v) is 10.6. The molecule has 1 aromatic carbocycles. The number of carbonyl (C=O) groups excluding carboxylic acids is 1. The molecule has 0 bridgehead atoms. The number of aryl methyl sites for hydroxylation is 1. The zero-order chi connectivity index (χ0) is 19.9. The lowest BCUT2D eigenvalue weighted by molar-refractivity contribution is -0.149. The predicted molar refractivity (Wildman–Crippen MR) is 114 cm³/mol. The largest absolute Gasteiger partial charge is 0.466 e. The van der Waals surface area contributed by atoms with Crippen LogP contribution >= 0.6 is 0 Å². The van der Waals surface area contributed by atoms with Crippen molar-refractivity contribution in [1.29, 1.82) is 0 Å². The summed E-state index contributed by atoms with van der Waals surface area (Å²) in [6, 6.07) is 6.74. The number of benzene rings is 1. The quantitative estimate of drug-likeness (QED) is 0.479. The van der Waals surface area contributed by atoms with Crippen LogP contribution in [0.4, 0.5) is 5.69 Å². The van der Waals surface area contributed by atoms with Gasteiger partial charge in [-0.1, -0.05) is 12.1 Å². The van der Waals surface area contributed by atoms with E-state index < -0.39 is 0 Å². The zero-order valence-electron chi connectivity index (χ0n) is 17.5. The minimum absolute atomic E-state index is 0.0247. The van der Waals surface area contributed by atoms with E-state index in [1.165, 1.54) is 23.2 Å². The summed E-state index contributed by atoms with van der Waals surface area (Å²) in [5, 5.41) is 3.41. The van der Waals surface area contributed by atoms with E-state index in [4.69, 9.17) is 9.73 Å². The topological polar surface area (TPSA) is 57.2 Å². The van der Waals surface area contributed by atoms with Crippen molar-refractivity contribution in [2.75, 3.05) is 44.7 Å². The second-order valence-electron chi connectivity index (χ2n) is 7.67. The van der Waals surface area contributed by atoms with Crippen LogP contribution in [0.1, 0.15) is 44.2 Å². The number of guanidine groups is 1. The summed E-state index contributed by atoms with van der Waals surface area (Å²) in [5.41, 5.74) is 4.04. The number of piperidine rings is 1. The molecule has 0 amide bonds. The van der Waals surface area contributed by atoms with E-state index in [0.29, 0.717) is 13.2 Å². The number of anilines is 1. The van der Waals surface area contributed by atoms with Crippen molar-refractivity contribution in [2.45, 2.75) is 46.1 Å². The molecule has 0 atom stereocenters. The average molecular weight is 387 g/mol. The fourth-order valence-electron chi connectivity index (χ4n) is 4.12. The second kappa shape index (κ2) is 9.80. The molecule has 0 spiro atoms. The van der Waals surface area contributed by atoms with Crippen LogP contribution < -0.4 is 10.2 Å². The minimum Gasteiger partial charge on any atom is -0.466 e. The van der Waals surface area contributed by atoms with Crippen LogP contribution in [-0.2, 0) is 22.5 Å². The number of esters is 1. The molecule has 154 valence electrons. The van der Waals surface area contributed by atoms with Gasteiger partial charge in [-0.3, -0.25) is 4.79 Å². The number of likely N-dealkylation sites (tertiary alicyclic amines) is 1. The Labute approximate surface area is 168 Å². The molecule has 1 fully saturated rings. The fraction of sp³-hybridized carbons (Fsp3) is 0.636. The van der Waals surface area contributed by atoms with Gasteiger partial charge in [-0.15, -0.1) is 0 Å². The highest BCUT2D eigenvalue weighted by molar-refractivity contribution is 5.80. The summed E-state index contributed by atoms with van der Waals surface area (Å²) in [6.45, 7) is 8.74. The van der Waals surface area contributed by atoms with Crippen molar-refractivity contribution in [3.05, 3.63) is 29.3 Å². The van der Waals surface area contributed by atoms with E-state index in [2.05, 4.69) is 47.3 Å². The standard InChI is InChI=1S/C22H34N4O2/c1-4-23-22(26-13-10-18(11-14-26)21(27)28-5-2)24-16-17-8-9-20-19(15-17)7-6-12-25(20)3/h8-9,15,18H,4-7,10-14,16H2,1-3H3,(H,23,24). The van der Waals surface area contributed by atoms with Crippen LogP contribution in [-0.4, -0.2) is 56.7 Å². The molecule has 28 heavy (non-hydrogen) atoms. The van der Waals surface area contributed by atoms with Crippen molar-refractivity contribution in [3.8, 4) is 0 Å². The molecular weight excluding hydrogens is 352 g/mol. The van der Waals surface area contributed by atoms with E-state index in [1.807, 2.05) is 6.92 Å². The molecule has 1 aromatic rings. The summed E-state index contributed by atoms with van der Waals surface area (Å²) in [7, 11) is 2.17. The minimum atomic E-state index is -0.0527. The van der Waals surface area contributed by atoms with Crippen LogP contribution in [0.5, 0.6) is 0 Å². The van der Waals surface area contributed by atoms with Gasteiger partial charge in [-0.2, -0.15) is 0 Å². The van der Waals surface area contributed by atoms with Crippen molar-refractivity contribution < 1.29 is 9.53 Å². The number of ether oxygens (including phenoxy) is 1. The summed E-state index contributed by atoms with van der Waals surface area (Å²) in [6.07, 6.45) is 4.02. The van der Waals surface area contributed by atoms with Crippen molar-refractivity contribution in [3.63, 3.8) is 0 Å². The van der Waals surface area contributed by atoms with Gasteiger partial charge in [0.1, 0.15) is 0 Å². The average Bonchev–Trinajstić information content (AvgIpc) is 2.71. The van der Waals surface area contributed by atoms with Gasteiger partial charge in [-0.25, -0.2) is 4.99 Å². The van der Waals surface area contributed by atoms with Gasteiger partial charge >= 0.3 is 5.97 Å². The Kier molecular flexibility index (Phi) is 7.18. The number of aliphatic imine (C=N–C) groups is 1. The molecule has 2 heterocycles. The molecule has 0 saturated carbocycles. The Hall–Kier alpha value is -2.24. The van der Waals surface area contributed by atoms with Gasteiger partial charge in [0.05, 0.1) is 19.1 Å². The molecule has 0 radical (unpaired) electrons. The Morgan fingerprint density at radius 2 is 2.04 bits per heavy atom. The monoisotopic (exact) mass is 386 g/mol. The highest BCUT2D eigenvalue weighted by atomic mass is 16.5. The molecule has 6 nitrogen and oxygen atoms in total. The number of fused-ring (bicyclic) bond motifs is 1. The molecule has 0 aromatic heterocycles. The first kappa shape index (κ1) is 20.5. The van der Waals surface area contributed by atoms with Gasteiger partial charge in [0.25, 0.3) is 0 Å². The van der Waals surface area contributed by atoms with E-state index in [-0.39, 0.29) is 11.9 Å². The first-order chi connectivity index (χ1) is 13.6. The van der Waals surface area contributed by atoms with E-state index >= 15 is 0 Å². The predicted octanol–water partition coefficient (Wildman–Crippen LogP) is 2.81. The number of nitrogens with one attached hydrogen (secondary N) is 1. The van der Waals surface area contributed by atoms with Crippen molar-refractivity contribution >= 4 is 17.6 Å². The fourth-order valence-corrected chi connectivity index (χ4v) is 4.12. The van der Waals surface area contributed by atoms with Gasteiger partial charge in [-0.05, 0) is 56.7 Å². The molecule has 0 aliphatic carbocycles. The zero-order valence-corrected chi connectivity index (χ0v) is 17.5. The Morgan fingerprint density at radius 3 is 2.75 bits per heavy atom. The summed E-state index contributed by atoms with van der Waals surface area (Å²) in [5.74, 6) is 0.916. The van der Waals surface area contributed by atoms with E-state index in [1.54, 1.807) is 0 Å². The molecular formula is C22H34N4O2. The van der Waals surface area contributed by atoms with Crippen LogP contribution in [0.25, 0.3) is 0 Å². The van der Waals surface area contributed by atoms with Crippen LogP contribution in [0.2, 0.25) is 0 Å². The third kappa shape index (κ3) is 4.97. The number of nitrogens with zero attached hydrogens (tertiary/aromatic N) is 3. The first-order valence-electron chi connectivity index (χ1n) is 10.6. The molecule has 6 heteroatoms. The highest BCUT2D eigenvalue weighted by Gasteiger charge is 2.27. The maximum atomic E-state index is 12.0. The van der Waals surface area contributed by atoms with Gasteiger partial charge in [0.15, 0.2) is 5.96 Å². The number of hydrogen-bond donors (Lipinski definition) is 1.